The summed E-state index contributed by atoms with van der Waals surface area (Å²) in [7, 11) is 0. The van der Waals surface area contributed by atoms with Crippen LogP contribution >= 0.6 is 15.9 Å². The zero-order chi connectivity index (χ0) is 27.5. The van der Waals surface area contributed by atoms with Gasteiger partial charge in [-0.15, -0.1) is 0 Å². The van der Waals surface area contributed by atoms with Gasteiger partial charge in [0.15, 0.2) is 0 Å². The average molecular weight is 593 g/mol. The lowest BCUT2D eigenvalue weighted by atomic mass is 9.88. The van der Waals surface area contributed by atoms with Crippen LogP contribution in [0, 0.1) is 20.2 Å². The number of pyridine rings is 1. The third-order valence-electron chi connectivity index (χ3n) is 6.46. The highest BCUT2D eigenvalue weighted by Gasteiger charge is 2.24. The molecule has 2 aromatic heterocycles. The molecule has 0 spiro atoms. The van der Waals surface area contributed by atoms with E-state index in [1.54, 1.807) is 24.3 Å². The van der Waals surface area contributed by atoms with Crippen molar-refractivity contribution >= 4 is 44.4 Å². The smallest absolute Gasteiger partial charge is 0.313 e. The first-order valence-corrected chi connectivity index (χ1v) is 12.9. The quantitative estimate of drug-likeness (QED) is 0.142. The molecule has 39 heavy (non-hydrogen) atoms. The van der Waals surface area contributed by atoms with Crippen LogP contribution in [0.25, 0.3) is 10.9 Å². The lowest BCUT2D eigenvalue weighted by Gasteiger charge is -2.22. The number of ether oxygens (including phenoxy) is 1. The molecule has 0 atom stereocenters. The van der Waals surface area contributed by atoms with Gasteiger partial charge < -0.3 is 4.74 Å². The summed E-state index contributed by atoms with van der Waals surface area (Å²) < 4.78 is 7.38. The standard InChI is InChI=1S/C26H21BrN6O6/c27-18-12-17(24(22(13-18)33(37)38)39-23-11-10-19(15-28-23)32(35)36)14-29-31-25(16-6-2-1-3-7-16)30-21-9-5-4-8-20(21)26(31)34/h4-5,8-16H,1-3,6-7H2. The Kier molecular flexibility index (Phi) is 7.41. The van der Waals surface area contributed by atoms with Gasteiger partial charge in [-0.3, -0.25) is 25.0 Å². The Balaban J connectivity index is 1.62. The maximum absolute atomic E-state index is 13.5. The van der Waals surface area contributed by atoms with Crippen LogP contribution in [0.1, 0.15) is 49.4 Å². The first-order chi connectivity index (χ1) is 18.8. The van der Waals surface area contributed by atoms with E-state index < -0.39 is 9.85 Å². The van der Waals surface area contributed by atoms with E-state index in [1.807, 2.05) is 6.07 Å². The van der Waals surface area contributed by atoms with Gasteiger partial charge in [0, 0.05) is 34.2 Å². The molecule has 0 radical (unpaired) electrons. The van der Waals surface area contributed by atoms with Crippen molar-refractivity contribution in [3.05, 3.63) is 101 Å². The predicted molar refractivity (Wildman–Crippen MR) is 147 cm³/mol. The molecule has 0 N–H and O–H groups in total. The number of nitrogens with zero attached hydrogens (tertiary/aromatic N) is 6. The van der Waals surface area contributed by atoms with E-state index in [4.69, 9.17) is 9.72 Å². The highest BCUT2D eigenvalue weighted by molar-refractivity contribution is 9.10. The fourth-order valence-corrected chi connectivity index (χ4v) is 5.05. The van der Waals surface area contributed by atoms with Gasteiger partial charge in [0.25, 0.3) is 11.2 Å². The zero-order valence-corrected chi connectivity index (χ0v) is 22.0. The lowest BCUT2D eigenvalue weighted by Crippen LogP contribution is -2.25. The molecule has 2 aromatic carbocycles. The van der Waals surface area contributed by atoms with Gasteiger partial charge >= 0.3 is 5.69 Å². The molecule has 1 fully saturated rings. The Morgan fingerprint density at radius 1 is 1.05 bits per heavy atom. The van der Waals surface area contributed by atoms with Crippen LogP contribution in [0.3, 0.4) is 0 Å². The molecule has 1 aliphatic carbocycles. The van der Waals surface area contributed by atoms with E-state index in [2.05, 4.69) is 26.0 Å². The van der Waals surface area contributed by atoms with Crippen molar-refractivity contribution in [1.82, 2.24) is 14.6 Å². The Morgan fingerprint density at radius 3 is 2.51 bits per heavy atom. The van der Waals surface area contributed by atoms with Crippen molar-refractivity contribution < 1.29 is 14.6 Å². The minimum absolute atomic E-state index is 0.0464. The topological polar surface area (TPSA) is 156 Å². The predicted octanol–water partition coefficient (Wildman–Crippen LogP) is 6.09. The molecule has 0 bridgehead atoms. The van der Waals surface area contributed by atoms with E-state index >= 15 is 0 Å². The van der Waals surface area contributed by atoms with E-state index in [1.165, 1.54) is 29.1 Å². The summed E-state index contributed by atoms with van der Waals surface area (Å²) in [5.74, 6) is 0.311. The normalized spacial score (nSPS) is 14.1. The van der Waals surface area contributed by atoms with Gasteiger partial charge in [-0.25, -0.2) is 9.97 Å². The van der Waals surface area contributed by atoms with Crippen molar-refractivity contribution in [1.29, 1.82) is 0 Å². The lowest BCUT2D eigenvalue weighted by molar-refractivity contribution is -0.385. The van der Waals surface area contributed by atoms with Crippen molar-refractivity contribution in [2.45, 2.75) is 38.0 Å². The van der Waals surface area contributed by atoms with Crippen molar-refractivity contribution in [2.24, 2.45) is 5.10 Å². The minimum Gasteiger partial charge on any atom is -0.431 e. The fourth-order valence-electron chi connectivity index (χ4n) is 4.59. The Hall–Kier alpha value is -4.52. The largest absolute Gasteiger partial charge is 0.431 e. The molecule has 4 aromatic rings. The van der Waals surface area contributed by atoms with Crippen molar-refractivity contribution in [3.63, 3.8) is 0 Å². The van der Waals surface area contributed by atoms with Crippen LogP contribution in [0.15, 0.2) is 69.1 Å². The number of rotatable bonds is 7. The summed E-state index contributed by atoms with van der Waals surface area (Å²) in [5, 5.41) is 27.7. The van der Waals surface area contributed by atoms with Crippen LogP contribution in [-0.2, 0) is 0 Å². The summed E-state index contributed by atoms with van der Waals surface area (Å²) in [6.45, 7) is 0. The highest BCUT2D eigenvalue weighted by atomic mass is 79.9. The molecule has 12 nitrogen and oxygen atoms in total. The van der Waals surface area contributed by atoms with E-state index in [0.717, 1.165) is 38.3 Å². The Bertz CT molecular complexity index is 1660. The molecule has 0 saturated heterocycles. The van der Waals surface area contributed by atoms with Gasteiger partial charge in [0.05, 0.1) is 27.0 Å². The second-order valence-electron chi connectivity index (χ2n) is 9.00. The van der Waals surface area contributed by atoms with Gasteiger partial charge in [-0.2, -0.15) is 9.78 Å². The molecule has 0 unspecified atom stereocenters. The summed E-state index contributed by atoms with van der Waals surface area (Å²) in [6, 6.07) is 12.3. The molecule has 1 saturated carbocycles. The van der Waals surface area contributed by atoms with Crippen LogP contribution in [0.2, 0.25) is 0 Å². The number of halogens is 1. The molecular formula is C26H21BrN6O6. The van der Waals surface area contributed by atoms with Crippen LogP contribution in [0.5, 0.6) is 11.6 Å². The van der Waals surface area contributed by atoms with Gasteiger partial charge in [0.2, 0.25) is 11.6 Å². The van der Waals surface area contributed by atoms with Crippen LogP contribution < -0.4 is 10.3 Å². The van der Waals surface area contributed by atoms with Crippen molar-refractivity contribution in [3.8, 4) is 11.6 Å². The third kappa shape index (κ3) is 5.53. The molecule has 198 valence electrons. The second kappa shape index (κ2) is 11.1. The van der Waals surface area contributed by atoms with Crippen LogP contribution in [0.4, 0.5) is 11.4 Å². The monoisotopic (exact) mass is 592 g/mol. The number of nitro groups is 2. The number of nitro benzene ring substituents is 1. The molecular weight excluding hydrogens is 572 g/mol. The number of para-hydroxylation sites is 1. The zero-order valence-electron chi connectivity index (χ0n) is 20.4. The summed E-state index contributed by atoms with van der Waals surface area (Å²) in [6.07, 6.45) is 7.22. The fraction of sp³-hybridized carbons (Fsp3) is 0.231. The second-order valence-corrected chi connectivity index (χ2v) is 9.91. The third-order valence-corrected chi connectivity index (χ3v) is 6.92. The number of aromatic nitrogens is 3. The maximum atomic E-state index is 13.5. The highest BCUT2D eigenvalue weighted by Crippen LogP contribution is 2.37. The first kappa shape index (κ1) is 26.1. The van der Waals surface area contributed by atoms with Gasteiger partial charge in [-0.05, 0) is 31.0 Å². The van der Waals surface area contributed by atoms with Gasteiger partial charge in [-0.1, -0.05) is 47.3 Å². The number of benzene rings is 2. The summed E-state index contributed by atoms with van der Waals surface area (Å²) in [5.41, 5.74) is -0.219. The minimum atomic E-state index is -0.625. The molecule has 5 rings (SSSR count). The maximum Gasteiger partial charge on any atom is 0.313 e. The van der Waals surface area contributed by atoms with Gasteiger partial charge in [0.1, 0.15) is 12.0 Å². The number of fused-ring (bicyclic) bond motifs is 1. The Labute approximate surface area is 229 Å². The molecule has 1 aliphatic rings. The molecule has 0 amide bonds. The first-order valence-electron chi connectivity index (χ1n) is 12.1. The Morgan fingerprint density at radius 2 is 1.82 bits per heavy atom. The summed E-state index contributed by atoms with van der Waals surface area (Å²) >= 11 is 3.28. The molecule has 13 heteroatoms. The summed E-state index contributed by atoms with van der Waals surface area (Å²) in [4.78, 5) is 43.8. The average Bonchev–Trinajstić information content (AvgIpc) is 2.94. The molecule has 0 aliphatic heterocycles. The molecule has 2 heterocycles. The number of hydrogen-bond acceptors (Lipinski definition) is 9. The van der Waals surface area contributed by atoms with E-state index in [-0.39, 0.29) is 40.0 Å². The van der Waals surface area contributed by atoms with E-state index in [0.29, 0.717) is 21.2 Å². The van der Waals surface area contributed by atoms with E-state index in [9.17, 15) is 25.0 Å². The number of hydrogen-bond donors (Lipinski definition) is 0. The SMILES string of the molecule is O=c1c2ccccc2nc(C2CCCCC2)n1N=Cc1cc(Br)cc([N+](=O)[O-])c1Oc1ccc([N+](=O)[O-])cn1. The van der Waals surface area contributed by atoms with Crippen molar-refractivity contribution in [2.75, 3.05) is 0 Å². The van der Waals surface area contributed by atoms with Crippen LogP contribution in [-0.4, -0.2) is 30.7 Å².